The average molecular weight is 350 g/mol. The van der Waals surface area contributed by atoms with Crippen molar-refractivity contribution in [1.29, 1.82) is 0 Å². The van der Waals surface area contributed by atoms with Crippen molar-refractivity contribution in [3.05, 3.63) is 69.9 Å². The quantitative estimate of drug-likeness (QED) is 0.592. The fourth-order valence-electron chi connectivity index (χ4n) is 3.46. The van der Waals surface area contributed by atoms with Crippen molar-refractivity contribution in [2.24, 2.45) is 0 Å². The minimum atomic E-state index is 0.0331. The lowest BCUT2D eigenvalue weighted by atomic mass is 9.97. The van der Waals surface area contributed by atoms with Crippen LogP contribution in [0.3, 0.4) is 0 Å². The van der Waals surface area contributed by atoms with Gasteiger partial charge < -0.3 is 10.2 Å². The second-order valence-electron chi connectivity index (χ2n) is 7.23. The first-order valence-corrected chi connectivity index (χ1v) is 8.83. The highest BCUT2D eigenvalue weighted by Gasteiger charge is 2.15. The molecule has 0 aliphatic rings. The van der Waals surface area contributed by atoms with E-state index in [1.807, 2.05) is 42.0 Å². The van der Waals surface area contributed by atoms with Crippen LogP contribution in [0.4, 0.5) is 0 Å². The number of hydrogen-bond acceptors (Lipinski definition) is 3. The van der Waals surface area contributed by atoms with Crippen molar-refractivity contribution in [2.45, 2.75) is 39.0 Å². The molecule has 0 fully saturated rings. The molecule has 26 heavy (non-hydrogen) atoms. The van der Waals surface area contributed by atoms with Gasteiger partial charge in [0.25, 0.3) is 0 Å². The maximum absolute atomic E-state index is 12.4. The van der Waals surface area contributed by atoms with E-state index in [4.69, 9.17) is 0 Å². The van der Waals surface area contributed by atoms with E-state index in [0.717, 1.165) is 27.9 Å². The van der Waals surface area contributed by atoms with Crippen LogP contribution in [0.5, 0.6) is 5.75 Å². The zero-order valence-corrected chi connectivity index (χ0v) is 15.1. The summed E-state index contributed by atoms with van der Waals surface area (Å²) in [7, 11) is 0. The molecule has 4 aromatic heterocycles. The number of nitrogens with zero attached hydrogens (tertiary/aromatic N) is 3. The molecule has 4 rings (SSSR count). The van der Waals surface area contributed by atoms with Crippen LogP contribution in [0, 0.1) is 0 Å². The van der Waals surface area contributed by atoms with Gasteiger partial charge in [-0.05, 0) is 36.5 Å². The van der Waals surface area contributed by atoms with Crippen molar-refractivity contribution in [3.63, 3.8) is 0 Å². The monoisotopic (exact) mass is 350 g/mol. The molecular weight excluding hydrogens is 328 g/mol. The van der Waals surface area contributed by atoms with Gasteiger partial charge in [-0.1, -0.05) is 20.8 Å². The van der Waals surface area contributed by atoms with Crippen LogP contribution >= 0.6 is 0 Å². The topological polar surface area (TPSA) is 74.8 Å². The van der Waals surface area contributed by atoms with E-state index < -0.39 is 0 Å². The van der Waals surface area contributed by atoms with Crippen molar-refractivity contribution in [1.82, 2.24) is 19.2 Å². The number of H-pyrrole nitrogens is 1. The molecule has 0 aliphatic heterocycles. The zero-order chi connectivity index (χ0) is 18.4. The maximum Gasteiger partial charge on any atom is 0.185 e. The summed E-state index contributed by atoms with van der Waals surface area (Å²) >= 11 is 0. The van der Waals surface area contributed by atoms with Crippen LogP contribution in [-0.2, 0) is 6.42 Å². The predicted molar refractivity (Wildman–Crippen MR) is 101 cm³/mol. The summed E-state index contributed by atoms with van der Waals surface area (Å²) < 4.78 is 3.55. The first-order valence-electron chi connectivity index (χ1n) is 8.83. The Morgan fingerprint density at radius 2 is 1.92 bits per heavy atom. The van der Waals surface area contributed by atoms with Gasteiger partial charge in [0.1, 0.15) is 5.75 Å². The van der Waals surface area contributed by atoms with Gasteiger partial charge in [0, 0.05) is 29.6 Å². The largest absolute Gasteiger partial charge is 0.506 e. The van der Waals surface area contributed by atoms with Crippen LogP contribution < -0.4 is 5.43 Å². The SMILES string of the molecule is CC(C)c1cc2cc(CC(C)c3cn4[nH]ccc4cc3=O)nn2cc1O. The van der Waals surface area contributed by atoms with Crippen LogP contribution in [0.25, 0.3) is 11.0 Å². The lowest BCUT2D eigenvalue weighted by Crippen LogP contribution is -2.14. The van der Waals surface area contributed by atoms with E-state index in [0.29, 0.717) is 6.42 Å². The zero-order valence-electron chi connectivity index (χ0n) is 15.1. The number of hydrogen-bond donors (Lipinski definition) is 2. The van der Waals surface area contributed by atoms with E-state index in [2.05, 4.69) is 24.0 Å². The second kappa shape index (κ2) is 6.05. The summed E-state index contributed by atoms with van der Waals surface area (Å²) in [4.78, 5) is 12.4. The highest BCUT2D eigenvalue weighted by Crippen LogP contribution is 2.27. The second-order valence-corrected chi connectivity index (χ2v) is 7.23. The standard InChI is InChI=1S/C20H22N4O2/c1-12(2)17-8-16-7-14(22-24(16)11-20(17)26)6-13(3)18-10-23-15(4-5-21-23)9-19(18)25/h4-5,7-13,21,26H,6H2,1-3H3. The molecule has 134 valence electrons. The molecule has 2 N–H and O–H groups in total. The predicted octanol–water partition coefficient (Wildman–Crippen LogP) is 3.45. The van der Waals surface area contributed by atoms with Gasteiger partial charge in [-0.25, -0.2) is 4.52 Å². The van der Waals surface area contributed by atoms with Crippen LogP contribution in [0.15, 0.2) is 47.7 Å². The molecule has 6 heteroatoms. The molecule has 0 amide bonds. The van der Waals surface area contributed by atoms with Crippen molar-refractivity contribution >= 4 is 11.0 Å². The number of pyridine rings is 2. The normalized spacial score (nSPS) is 13.1. The third-order valence-electron chi connectivity index (χ3n) is 4.90. The first kappa shape index (κ1) is 16.4. The third kappa shape index (κ3) is 2.77. The maximum atomic E-state index is 12.4. The van der Waals surface area contributed by atoms with E-state index in [1.165, 1.54) is 0 Å². The number of rotatable bonds is 4. The Hall–Kier alpha value is -3.02. The molecule has 4 heterocycles. The van der Waals surface area contributed by atoms with Crippen molar-refractivity contribution in [2.75, 3.05) is 0 Å². The fraction of sp³-hybridized carbons (Fsp3) is 0.300. The number of aromatic nitrogens is 4. The van der Waals surface area contributed by atoms with Gasteiger partial charge >= 0.3 is 0 Å². The Labute approximate surface area is 150 Å². The lowest BCUT2D eigenvalue weighted by molar-refractivity contribution is 0.460. The molecule has 6 nitrogen and oxygen atoms in total. The minimum Gasteiger partial charge on any atom is -0.506 e. The molecule has 4 aromatic rings. The summed E-state index contributed by atoms with van der Waals surface area (Å²) in [6, 6.07) is 7.52. The summed E-state index contributed by atoms with van der Waals surface area (Å²) in [6.45, 7) is 6.14. The Balaban J connectivity index is 1.67. The first-order chi connectivity index (χ1) is 12.4. The molecule has 0 radical (unpaired) electrons. The highest BCUT2D eigenvalue weighted by atomic mass is 16.3. The molecular formula is C20H22N4O2. The Bertz CT molecular complexity index is 1150. The van der Waals surface area contributed by atoms with E-state index in [1.54, 1.807) is 16.8 Å². The van der Waals surface area contributed by atoms with Crippen LogP contribution in [0.2, 0.25) is 0 Å². The van der Waals surface area contributed by atoms with Crippen molar-refractivity contribution < 1.29 is 5.11 Å². The third-order valence-corrected chi connectivity index (χ3v) is 4.90. The number of fused-ring (bicyclic) bond motifs is 2. The molecule has 0 spiro atoms. The Morgan fingerprint density at radius 3 is 2.69 bits per heavy atom. The van der Waals surface area contributed by atoms with Gasteiger partial charge in [-0.15, -0.1) is 0 Å². The average Bonchev–Trinajstić information content (AvgIpc) is 3.18. The van der Waals surface area contributed by atoms with E-state index in [-0.39, 0.29) is 23.0 Å². The minimum absolute atomic E-state index is 0.0331. The summed E-state index contributed by atoms with van der Waals surface area (Å²) in [5.41, 5.74) is 4.41. The van der Waals surface area contributed by atoms with Gasteiger partial charge in [0.05, 0.1) is 22.9 Å². The molecule has 0 aliphatic carbocycles. The van der Waals surface area contributed by atoms with Gasteiger partial charge in [-0.3, -0.25) is 9.31 Å². The smallest absolute Gasteiger partial charge is 0.185 e. The molecule has 0 saturated heterocycles. The number of aromatic hydroxyl groups is 1. The molecule has 0 aromatic carbocycles. The summed E-state index contributed by atoms with van der Waals surface area (Å²) in [5.74, 6) is 0.529. The Kier molecular flexibility index (Phi) is 3.83. The molecule has 0 bridgehead atoms. The van der Waals surface area contributed by atoms with Crippen LogP contribution in [-0.4, -0.2) is 24.3 Å². The van der Waals surface area contributed by atoms with Gasteiger partial charge in [-0.2, -0.15) is 5.10 Å². The van der Waals surface area contributed by atoms with Gasteiger partial charge in [0.15, 0.2) is 5.43 Å². The van der Waals surface area contributed by atoms with Crippen molar-refractivity contribution in [3.8, 4) is 5.75 Å². The summed E-state index contributed by atoms with van der Waals surface area (Å²) in [5, 5.41) is 17.8. The lowest BCUT2D eigenvalue weighted by Gasteiger charge is -2.09. The van der Waals surface area contributed by atoms with E-state index in [9.17, 15) is 9.90 Å². The summed E-state index contributed by atoms with van der Waals surface area (Å²) in [6.07, 6.45) is 5.98. The fourth-order valence-corrected chi connectivity index (χ4v) is 3.46. The number of aromatic amines is 1. The number of nitrogens with one attached hydrogen (secondary N) is 1. The molecule has 0 saturated carbocycles. The molecule has 1 atom stereocenters. The highest BCUT2D eigenvalue weighted by molar-refractivity contribution is 5.54. The molecule has 1 unspecified atom stereocenters. The van der Waals surface area contributed by atoms with E-state index >= 15 is 0 Å². The van der Waals surface area contributed by atoms with Gasteiger partial charge in [0.2, 0.25) is 0 Å². The Morgan fingerprint density at radius 1 is 1.12 bits per heavy atom. The van der Waals surface area contributed by atoms with Crippen LogP contribution in [0.1, 0.15) is 49.4 Å².